The van der Waals surface area contributed by atoms with Gasteiger partial charge in [0.05, 0.1) is 11.2 Å². The van der Waals surface area contributed by atoms with Crippen LogP contribution in [0.3, 0.4) is 0 Å². The third-order valence-corrected chi connectivity index (χ3v) is 7.75. The fraction of sp³-hybridized carbons (Fsp3) is 0.258. The summed E-state index contributed by atoms with van der Waals surface area (Å²) in [7, 11) is 3.46. The SMILES string of the molecule is CN1CCN(CCOc2ccc(-c3ccc4cc(-c5cn(C)c(=O)c6[nH]ccc56)ccc4n3)cc2)[C@@](C)(O)C1=O. The number of aryl methyl sites for hydroxylation is 1. The zero-order valence-corrected chi connectivity index (χ0v) is 22.7. The Labute approximate surface area is 231 Å². The van der Waals surface area contributed by atoms with Crippen molar-refractivity contribution in [3.05, 3.63) is 83.4 Å². The molecule has 40 heavy (non-hydrogen) atoms. The summed E-state index contributed by atoms with van der Waals surface area (Å²) < 4.78 is 7.50. The second-order valence-corrected chi connectivity index (χ2v) is 10.4. The van der Waals surface area contributed by atoms with Crippen molar-refractivity contribution in [2.45, 2.75) is 12.6 Å². The second-order valence-electron chi connectivity index (χ2n) is 10.4. The first-order valence-corrected chi connectivity index (χ1v) is 13.3. The van der Waals surface area contributed by atoms with Gasteiger partial charge < -0.3 is 24.3 Å². The monoisotopic (exact) mass is 537 g/mol. The molecule has 1 aliphatic heterocycles. The third-order valence-electron chi connectivity index (χ3n) is 7.75. The number of ether oxygens (including phenoxy) is 1. The predicted octanol–water partition coefficient (Wildman–Crippen LogP) is 3.61. The number of rotatable bonds is 6. The van der Waals surface area contributed by atoms with Crippen LogP contribution < -0.4 is 10.3 Å². The average molecular weight is 538 g/mol. The van der Waals surface area contributed by atoms with Crippen LogP contribution in [0, 0.1) is 0 Å². The Kier molecular flexibility index (Phi) is 6.40. The van der Waals surface area contributed by atoms with E-state index in [1.54, 1.807) is 34.7 Å². The Morgan fingerprint density at radius 1 is 1.00 bits per heavy atom. The van der Waals surface area contributed by atoms with Crippen LogP contribution in [0.5, 0.6) is 5.75 Å². The first-order valence-electron chi connectivity index (χ1n) is 13.3. The molecule has 0 radical (unpaired) electrons. The number of carbonyl (C=O) groups is 1. The van der Waals surface area contributed by atoms with Crippen LogP contribution in [-0.2, 0) is 11.8 Å². The fourth-order valence-electron chi connectivity index (χ4n) is 5.36. The number of aliphatic hydroxyl groups is 1. The van der Waals surface area contributed by atoms with Crippen molar-refractivity contribution in [2.24, 2.45) is 7.05 Å². The molecule has 1 amide bonds. The molecule has 1 fully saturated rings. The van der Waals surface area contributed by atoms with Crippen molar-refractivity contribution >= 4 is 27.7 Å². The van der Waals surface area contributed by atoms with Gasteiger partial charge >= 0.3 is 0 Å². The number of aromatic nitrogens is 3. The number of amides is 1. The van der Waals surface area contributed by atoms with E-state index >= 15 is 0 Å². The van der Waals surface area contributed by atoms with E-state index in [0.29, 0.717) is 37.5 Å². The molecule has 4 heterocycles. The molecule has 6 rings (SSSR count). The van der Waals surface area contributed by atoms with Crippen LogP contribution in [0.25, 0.3) is 44.2 Å². The van der Waals surface area contributed by atoms with Crippen LogP contribution >= 0.6 is 0 Å². The van der Waals surface area contributed by atoms with Gasteiger partial charge in [0.15, 0.2) is 5.72 Å². The summed E-state index contributed by atoms with van der Waals surface area (Å²) in [4.78, 5) is 35.9. The fourth-order valence-corrected chi connectivity index (χ4v) is 5.36. The predicted molar refractivity (Wildman–Crippen MR) is 155 cm³/mol. The highest BCUT2D eigenvalue weighted by molar-refractivity contribution is 5.97. The number of benzene rings is 2. The smallest absolute Gasteiger partial charge is 0.274 e. The molecule has 0 unspecified atom stereocenters. The van der Waals surface area contributed by atoms with Gasteiger partial charge in [-0.25, -0.2) is 4.98 Å². The molecule has 9 heteroatoms. The van der Waals surface area contributed by atoms with Gasteiger partial charge in [-0.1, -0.05) is 12.1 Å². The van der Waals surface area contributed by atoms with Crippen LogP contribution in [0.4, 0.5) is 0 Å². The molecule has 3 aromatic heterocycles. The summed E-state index contributed by atoms with van der Waals surface area (Å²) in [6, 6.07) is 19.9. The van der Waals surface area contributed by atoms with Gasteiger partial charge in [0.25, 0.3) is 11.5 Å². The van der Waals surface area contributed by atoms with E-state index in [2.05, 4.69) is 17.1 Å². The molecular formula is C31H31N5O4. The number of pyridine rings is 2. The van der Waals surface area contributed by atoms with Crippen molar-refractivity contribution in [1.82, 2.24) is 24.3 Å². The maximum absolute atomic E-state index is 12.4. The second kappa shape index (κ2) is 9.93. The van der Waals surface area contributed by atoms with Gasteiger partial charge in [-0.2, -0.15) is 0 Å². The summed E-state index contributed by atoms with van der Waals surface area (Å²) in [5, 5.41) is 12.5. The van der Waals surface area contributed by atoms with E-state index in [9.17, 15) is 14.7 Å². The minimum absolute atomic E-state index is 0.0491. The molecule has 2 N–H and O–H groups in total. The summed E-state index contributed by atoms with van der Waals surface area (Å²) >= 11 is 0. The van der Waals surface area contributed by atoms with Gasteiger partial charge in [-0.3, -0.25) is 14.5 Å². The standard InChI is InChI=1S/C31H31N5O4/c1-31(39)30(38)34(2)14-15-36(31)16-17-40-23-8-4-20(5-9-23)26-11-7-22-18-21(6-10-27(22)33-26)25-19-35(3)29(37)28-24(25)12-13-32-28/h4-13,18-19,32,39H,14-17H2,1-3H3/t31-/m0/s1. The van der Waals surface area contributed by atoms with E-state index in [4.69, 9.17) is 9.72 Å². The number of piperazine rings is 1. The van der Waals surface area contributed by atoms with E-state index in [1.165, 1.54) is 6.92 Å². The first-order chi connectivity index (χ1) is 19.2. The number of H-pyrrole nitrogens is 1. The van der Waals surface area contributed by atoms with Crippen molar-refractivity contribution in [3.8, 4) is 28.1 Å². The van der Waals surface area contributed by atoms with E-state index in [0.717, 1.165) is 38.7 Å². The van der Waals surface area contributed by atoms with Gasteiger partial charge in [0, 0.05) is 68.0 Å². The van der Waals surface area contributed by atoms with Crippen LogP contribution in [0.2, 0.25) is 0 Å². The Balaban J connectivity index is 1.16. The van der Waals surface area contributed by atoms with Gasteiger partial charge in [-0.15, -0.1) is 0 Å². The van der Waals surface area contributed by atoms with Crippen LogP contribution in [0.15, 0.2) is 77.9 Å². The normalized spacial score (nSPS) is 18.1. The Morgan fingerprint density at radius 2 is 1.77 bits per heavy atom. The number of aromatic amines is 1. The Bertz CT molecular complexity index is 1790. The van der Waals surface area contributed by atoms with Gasteiger partial charge in [0.2, 0.25) is 0 Å². The molecule has 0 spiro atoms. The number of hydrogen-bond acceptors (Lipinski definition) is 6. The highest BCUT2D eigenvalue weighted by atomic mass is 16.5. The minimum atomic E-state index is -1.52. The quantitative estimate of drug-likeness (QED) is 0.343. The van der Waals surface area contributed by atoms with Crippen molar-refractivity contribution in [1.29, 1.82) is 0 Å². The Hall–Kier alpha value is -4.47. The summed E-state index contributed by atoms with van der Waals surface area (Å²) in [5.41, 5.74) is 3.75. The number of likely N-dealkylation sites (N-methyl/N-ethyl adjacent to an activating group) is 1. The molecule has 0 aliphatic carbocycles. The van der Waals surface area contributed by atoms with Crippen molar-refractivity contribution in [2.75, 3.05) is 33.3 Å². The topological polar surface area (TPSA) is 104 Å². The van der Waals surface area contributed by atoms with E-state index in [1.807, 2.05) is 54.7 Å². The largest absolute Gasteiger partial charge is 0.492 e. The van der Waals surface area contributed by atoms with Crippen molar-refractivity contribution < 1.29 is 14.6 Å². The maximum atomic E-state index is 12.4. The minimum Gasteiger partial charge on any atom is -0.492 e. The molecule has 2 aromatic carbocycles. The van der Waals surface area contributed by atoms with E-state index in [-0.39, 0.29) is 11.5 Å². The van der Waals surface area contributed by atoms with Crippen LogP contribution in [0.1, 0.15) is 6.92 Å². The molecule has 1 atom stereocenters. The molecule has 0 saturated carbocycles. The molecule has 9 nitrogen and oxygen atoms in total. The average Bonchev–Trinajstić information content (AvgIpc) is 3.45. The molecule has 1 saturated heterocycles. The summed E-state index contributed by atoms with van der Waals surface area (Å²) in [6.45, 7) is 3.50. The molecule has 1 aliphatic rings. The van der Waals surface area contributed by atoms with Gasteiger partial charge in [-0.05, 0) is 61.0 Å². The highest BCUT2D eigenvalue weighted by Gasteiger charge is 2.42. The zero-order valence-electron chi connectivity index (χ0n) is 22.7. The molecular weight excluding hydrogens is 506 g/mol. The third kappa shape index (κ3) is 4.53. The number of nitrogens with one attached hydrogen (secondary N) is 1. The lowest BCUT2D eigenvalue weighted by molar-refractivity contribution is -0.180. The van der Waals surface area contributed by atoms with Crippen LogP contribution in [-0.4, -0.2) is 74.4 Å². The zero-order chi connectivity index (χ0) is 28.0. The van der Waals surface area contributed by atoms with Gasteiger partial charge in [0.1, 0.15) is 17.9 Å². The lowest BCUT2D eigenvalue weighted by atomic mass is 10.0. The number of carbonyl (C=O) groups excluding carboxylic acids is 1. The molecule has 204 valence electrons. The molecule has 0 bridgehead atoms. The number of fused-ring (bicyclic) bond motifs is 2. The lowest BCUT2D eigenvalue weighted by Gasteiger charge is -2.43. The molecule has 5 aromatic rings. The lowest BCUT2D eigenvalue weighted by Crippen LogP contribution is -2.64. The Morgan fingerprint density at radius 3 is 2.58 bits per heavy atom. The highest BCUT2D eigenvalue weighted by Crippen LogP contribution is 2.30. The maximum Gasteiger partial charge on any atom is 0.274 e. The summed E-state index contributed by atoms with van der Waals surface area (Å²) in [5.74, 6) is 0.412. The summed E-state index contributed by atoms with van der Waals surface area (Å²) in [6.07, 6.45) is 3.67. The van der Waals surface area contributed by atoms with E-state index < -0.39 is 5.72 Å². The number of nitrogens with zero attached hydrogens (tertiary/aromatic N) is 4. The first kappa shape index (κ1) is 25.8. The number of hydrogen-bond donors (Lipinski definition) is 2. The van der Waals surface area contributed by atoms with Crippen molar-refractivity contribution in [3.63, 3.8) is 0 Å².